The number of nitrogens with zero attached hydrogens (tertiary/aromatic N) is 3. The Balaban J connectivity index is 1.62. The van der Waals surface area contributed by atoms with E-state index < -0.39 is 0 Å². The number of unbranched alkanes of at least 4 members (excludes halogenated alkanes) is 1. The second-order valence-electron chi connectivity index (χ2n) is 8.24. The summed E-state index contributed by atoms with van der Waals surface area (Å²) in [6.45, 7) is 3.31. The van der Waals surface area contributed by atoms with E-state index >= 15 is 0 Å². The molecule has 0 aliphatic carbocycles. The van der Waals surface area contributed by atoms with E-state index in [1.807, 2.05) is 40.3 Å². The molecular formula is C25H26ClN5O. The monoisotopic (exact) mass is 447 g/mol. The van der Waals surface area contributed by atoms with Gasteiger partial charge >= 0.3 is 0 Å². The quantitative estimate of drug-likeness (QED) is 0.609. The summed E-state index contributed by atoms with van der Waals surface area (Å²) in [5.41, 5.74) is 7.43. The number of carbonyl (C=O) groups excluding carboxylic acids is 1. The molecule has 2 aliphatic heterocycles. The van der Waals surface area contributed by atoms with Gasteiger partial charge in [0.05, 0.1) is 23.7 Å². The molecule has 32 heavy (non-hydrogen) atoms. The number of amides is 1. The van der Waals surface area contributed by atoms with Crippen molar-refractivity contribution in [2.45, 2.75) is 44.8 Å². The third-order valence-corrected chi connectivity index (χ3v) is 6.29. The number of carbonyl (C=O) groups is 1. The molecule has 2 atom stereocenters. The molecule has 2 aliphatic rings. The molecule has 0 spiro atoms. The molecular weight excluding hydrogens is 422 g/mol. The highest BCUT2D eigenvalue weighted by atomic mass is 35.5. The van der Waals surface area contributed by atoms with Crippen molar-refractivity contribution in [3.8, 4) is 6.07 Å². The lowest BCUT2D eigenvalue weighted by Gasteiger charge is -2.41. The Morgan fingerprint density at radius 1 is 1.28 bits per heavy atom. The number of fused-ring (bicyclic) bond motifs is 1. The molecule has 0 bridgehead atoms. The lowest BCUT2D eigenvalue weighted by Crippen LogP contribution is -2.56. The first-order valence-electron chi connectivity index (χ1n) is 10.9. The number of nitrogens with one attached hydrogen (secondary N) is 2. The van der Waals surface area contributed by atoms with Crippen LogP contribution in [0.15, 0.2) is 54.2 Å². The van der Waals surface area contributed by atoms with Crippen molar-refractivity contribution < 1.29 is 4.79 Å². The minimum absolute atomic E-state index is 0.0116. The molecule has 7 heteroatoms. The van der Waals surface area contributed by atoms with E-state index in [2.05, 4.69) is 18.4 Å². The van der Waals surface area contributed by atoms with Crippen LogP contribution in [0.3, 0.4) is 0 Å². The third-order valence-electron chi connectivity index (χ3n) is 6.05. The molecule has 2 unspecified atom stereocenters. The number of nitriles is 1. The molecule has 2 heterocycles. The van der Waals surface area contributed by atoms with Gasteiger partial charge in [-0.3, -0.25) is 9.80 Å². The predicted octanol–water partition coefficient (Wildman–Crippen LogP) is 4.56. The summed E-state index contributed by atoms with van der Waals surface area (Å²) < 4.78 is 0. The molecule has 0 aromatic heterocycles. The molecule has 1 amide bonds. The molecule has 1 fully saturated rings. The number of benzene rings is 2. The van der Waals surface area contributed by atoms with Gasteiger partial charge in [-0.05, 0) is 53.5 Å². The zero-order valence-electron chi connectivity index (χ0n) is 18.0. The topological polar surface area (TPSA) is 83.2 Å². The van der Waals surface area contributed by atoms with Crippen LogP contribution in [-0.4, -0.2) is 34.6 Å². The second-order valence-corrected chi connectivity index (χ2v) is 8.67. The summed E-state index contributed by atoms with van der Waals surface area (Å²) in [5.74, 6) is -0.0116. The fourth-order valence-corrected chi connectivity index (χ4v) is 4.55. The van der Waals surface area contributed by atoms with E-state index in [1.165, 1.54) is 6.21 Å². The van der Waals surface area contributed by atoms with Crippen LogP contribution in [0.1, 0.15) is 54.5 Å². The fourth-order valence-electron chi connectivity index (χ4n) is 4.37. The van der Waals surface area contributed by atoms with Crippen LogP contribution in [0.4, 0.5) is 0 Å². The van der Waals surface area contributed by atoms with Crippen molar-refractivity contribution >= 4 is 23.7 Å². The summed E-state index contributed by atoms with van der Waals surface area (Å²) in [4.78, 5) is 15.3. The van der Waals surface area contributed by atoms with Crippen molar-refractivity contribution in [3.05, 3.63) is 81.5 Å². The maximum atomic E-state index is 13.4. The third kappa shape index (κ3) is 4.40. The standard InChI is InChI=1S/C25H26ClN5O/c1-2-3-4-21-16-30(15-18-7-5-17(13-27)6-8-18)25(32)24-12-23(29-31(21)24)22-10-9-20(26)11-19(22)14-28/h5-12,14,21,23,28-29H,2-4,15-16H2,1H3. The molecule has 4 rings (SSSR count). The minimum atomic E-state index is -0.193. The molecule has 164 valence electrons. The number of halogens is 1. The molecule has 2 aromatic rings. The van der Waals surface area contributed by atoms with Gasteiger partial charge < -0.3 is 10.3 Å². The van der Waals surface area contributed by atoms with Gasteiger partial charge in [-0.15, -0.1) is 0 Å². The maximum absolute atomic E-state index is 13.4. The first-order chi connectivity index (χ1) is 15.5. The van der Waals surface area contributed by atoms with Gasteiger partial charge in [-0.2, -0.15) is 5.26 Å². The summed E-state index contributed by atoms with van der Waals surface area (Å²) in [7, 11) is 0. The van der Waals surface area contributed by atoms with Gasteiger partial charge in [0.1, 0.15) is 5.70 Å². The van der Waals surface area contributed by atoms with E-state index in [1.54, 1.807) is 18.2 Å². The molecule has 0 saturated carbocycles. The smallest absolute Gasteiger partial charge is 0.271 e. The van der Waals surface area contributed by atoms with Crippen molar-refractivity contribution in [2.24, 2.45) is 0 Å². The van der Waals surface area contributed by atoms with Crippen LogP contribution in [0.5, 0.6) is 0 Å². The van der Waals surface area contributed by atoms with Crippen LogP contribution in [0.2, 0.25) is 5.02 Å². The highest BCUT2D eigenvalue weighted by Crippen LogP contribution is 2.34. The lowest BCUT2D eigenvalue weighted by atomic mass is 10.0. The summed E-state index contributed by atoms with van der Waals surface area (Å²) in [6.07, 6.45) is 6.40. The summed E-state index contributed by atoms with van der Waals surface area (Å²) in [5, 5.41) is 19.4. The van der Waals surface area contributed by atoms with Gasteiger partial charge in [0.2, 0.25) is 0 Å². The summed E-state index contributed by atoms with van der Waals surface area (Å²) >= 11 is 6.11. The van der Waals surface area contributed by atoms with Crippen molar-refractivity contribution in [3.63, 3.8) is 0 Å². The maximum Gasteiger partial charge on any atom is 0.271 e. The SMILES string of the molecule is CCCCC1CN(Cc2ccc(C#N)cc2)C(=O)C2=CC(c3ccc(Cl)cc3C=N)NN21. The zero-order valence-corrected chi connectivity index (χ0v) is 18.8. The molecule has 2 aromatic carbocycles. The molecule has 0 radical (unpaired) electrons. The average molecular weight is 448 g/mol. The van der Waals surface area contributed by atoms with Crippen LogP contribution >= 0.6 is 11.6 Å². The van der Waals surface area contributed by atoms with Gasteiger partial charge in [0.15, 0.2) is 0 Å². The Labute approximate surface area is 193 Å². The van der Waals surface area contributed by atoms with Crippen molar-refractivity contribution in [2.75, 3.05) is 6.54 Å². The first kappa shape index (κ1) is 22.1. The lowest BCUT2D eigenvalue weighted by molar-refractivity contribution is -0.135. The summed E-state index contributed by atoms with van der Waals surface area (Å²) in [6, 6.07) is 15.0. The number of rotatable bonds is 7. The Morgan fingerprint density at radius 3 is 2.75 bits per heavy atom. The average Bonchev–Trinajstić information content (AvgIpc) is 3.26. The molecule has 1 saturated heterocycles. The van der Waals surface area contributed by atoms with Gasteiger partial charge in [0.25, 0.3) is 5.91 Å². The number of hydrogen-bond acceptors (Lipinski definition) is 5. The van der Waals surface area contributed by atoms with Gasteiger partial charge in [-0.25, -0.2) is 5.43 Å². The van der Waals surface area contributed by atoms with E-state index in [0.717, 1.165) is 36.0 Å². The number of hydrazine groups is 1. The fraction of sp³-hybridized carbons (Fsp3) is 0.320. The Hall–Kier alpha value is -3.14. The largest absolute Gasteiger partial charge is 0.331 e. The van der Waals surface area contributed by atoms with Crippen LogP contribution in [-0.2, 0) is 11.3 Å². The number of piperazine rings is 1. The predicted molar refractivity (Wildman–Crippen MR) is 125 cm³/mol. The zero-order chi connectivity index (χ0) is 22.7. The highest BCUT2D eigenvalue weighted by Gasteiger charge is 2.40. The van der Waals surface area contributed by atoms with E-state index in [4.69, 9.17) is 22.3 Å². The van der Waals surface area contributed by atoms with Crippen LogP contribution < -0.4 is 5.43 Å². The van der Waals surface area contributed by atoms with E-state index in [9.17, 15) is 4.79 Å². The first-order valence-corrected chi connectivity index (χ1v) is 11.3. The number of hydrogen-bond donors (Lipinski definition) is 2. The van der Waals surface area contributed by atoms with Crippen LogP contribution in [0.25, 0.3) is 0 Å². The second kappa shape index (κ2) is 9.56. The minimum Gasteiger partial charge on any atom is -0.331 e. The van der Waals surface area contributed by atoms with Crippen molar-refractivity contribution in [1.29, 1.82) is 10.7 Å². The van der Waals surface area contributed by atoms with Gasteiger partial charge in [0, 0.05) is 24.3 Å². The Bertz CT molecular complexity index is 1090. The molecule has 6 nitrogen and oxygen atoms in total. The van der Waals surface area contributed by atoms with E-state index in [0.29, 0.717) is 29.4 Å². The van der Waals surface area contributed by atoms with Crippen LogP contribution in [0, 0.1) is 16.7 Å². The van der Waals surface area contributed by atoms with Crippen molar-refractivity contribution in [1.82, 2.24) is 15.3 Å². The Morgan fingerprint density at radius 2 is 2.06 bits per heavy atom. The highest BCUT2D eigenvalue weighted by molar-refractivity contribution is 6.30. The van der Waals surface area contributed by atoms with Gasteiger partial charge in [-0.1, -0.05) is 49.6 Å². The Kier molecular flexibility index (Phi) is 6.59. The molecule has 2 N–H and O–H groups in total. The van der Waals surface area contributed by atoms with E-state index in [-0.39, 0.29) is 18.0 Å². The normalized spacial score (nSPS) is 20.0.